The van der Waals surface area contributed by atoms with Crippen molar-refractivity contribution in [3.05, 3.63) is 29.6 Å². The normalized spacial score (nSPS) is 16.7. The van der Waals surface area contributed by atoms with Crippen LogP contribution in [0.5, 0.6) is 5.75 Å². The maximum Gasteiger partial charge on any atom is 0.400 e. The van der Waals surface area contributed by atoms with Gasteiger partial charge in [0.1, 0.15) is 5.75 Å². The molecule has 0 aromatic heterocycles. The van der Waals surface area contributed by atoms with Gasteiger partial charge in [-0.25, -0.2) is 13.2 Å². The van der Waals surface area contributed by atoms with Crippen molar-refractivity contribution in [3.8, 4) is 5.75 Å². The van der Waals surface area contributed by atoms with Crippen molar-refractivity contribution in [1.82, 2.24) is 0 Å². The Bertz CT molecular complexity index is 567. The third kappa shape index (κ3) is 7.30. The quantitative estimate of drug-likeness (QED) is 0.277. The highest BCUT2D eigenvalue weighted by Crippen LogP contribution is 2.34. The summed E-state index contributed by atoms with van der Waals surface area (Å²) < 4.78 is 72.3. The summed E-state index contributed by atoms with van der Waals surface area (Å²) in [5.41, 5.74) is 0. The maximum atomic E-state index is 14.3. The van der Waals surface area contributed by atoms with Gasteiger partial charge < -0.3 is 4.74 Å². The fraction of sp³-hybridized carbons (Fsp3) is 0.714. The largest absolute Gasteiger partial charge is 0.432 e. The Hall–Kier alpha value is -1.33. The van der Waals surface area contributed by atoms with Crippen LogP contribution in [0.2, 0.25) is 0 Å². The molecule has 1 aromatic carbocycles. The van der Waals surface area contributed by atoms with Crippen molar-refractivity contribution in [2.24, 2.45) is 23.7 Å². The second-order valence-corrected chi connectivity index (χ2v) is 7.89. The van der Waals surface area contributed by atoms with Crippen LogP contribution in [0.4, 0.5) is 22.0 Å². The summed E-state index contributed by atoms with van der Waals surface area (Å²) in [5, 5.41) is 0. The molecule has 0 aliphatic heterocycles. The van der Waals surface area contributed by atoms with Gasteiger partial charge in [-0.1, -0.05) is 53.9 Å². The molecule has 27 heavy (non-hydrogen) atoms. The highest BCUT2D eigenvalue weighted by Gasteiger charge is 2.39. The number of benzene rings is 1. The Labute approximate surface area is 159 Å². The summed E-state index contributed by atoms with van der Waals surface area (Å²) in [6, 6.07) is 0.858. The van der Waals surface area contributed by atoms with Gasteiger partial charge in [0.2, 0.25) is 0 Å². The lowest BCUT2D eigenvalue weighted by Crippen LogP contribution is -2.33. The van der Waals surface area contributed by atoms with Crippen LogP contribution in [-0.2, 0) is 0 Å². The van der Waals surface area contributed by atoms with Crippen LogP contribution in [0.3, 0.4) is 0 Å². The van der Waals surface area contributed by atoms with E-state index in [1.165, 1.54) is 6.92 Å². The molecule has 0 saturated carbocycles. The molecule has 1 aromatic rings. The molecule has 0 spiro atoms. The SMILES string of the molecule is CCC(C)CCC(C)C(C)CCC(C)C(F)(F)Oc1cc(F)c(F)c(F)c1. The first kappa shape index (κ1) is 23.7. The summed E-state index contributed by atoms with van der Waals surface area (Å²) in [7, 11) is 0. The van der Waals surface area contributed by atoms with Gasteiger partial charge in [0.05, 0.1) is 5.92 Å². The van der Waals surface area contributed by atoms with Crippen LogP contribution in [0, 0.1) is 41.1 Å². The third-order valence-electron chi connectivity index (χ3n) is 5.62. The van der Waals surface area contributed by atoms with Gasteiger partial charge >= 0.3 is 6.11 Å². The van der Waals surface area contributed by atoms with Crippen molar-refractivity contribution in [2.45, 2.75) is 72.8 Å². The molecule has 4 unspecified atom stereocenters. The smallest absolute Gasteiger partial charge is 0.400 e. The average molecular weight is 394 g/mol. The second-order valence-electron chi connectivity index (χ2n) is 7.89. The Morgan fingerprint density at radius 1 is 0.852 bits per heavy atom. The zero-order chi connectivity index (χ0) is 20.8. The number of rotatable bonds is 11. The summed E-state index contributed by atoms with van der Waals surface area (Å²) in [5.74, 6) is -5.31. The van der Waals surface area contributed by atoms with E-state index in [2.05, 4.69) is 32.4 Å². The molecule has 0 heterocycles. The fourth-order valence-electron chi connectivity index (χ4n) is 2.85. The van der Waals surface area contributed by atoms with E-state index in [0.29, 0.717) is 30.4 Å². The molecule has 0 N–H and O–H groups in total. The van der Waals surface area contributed by atoms with Gasteiger partial charge in [0, 0.05) is 12.1 Å². The second kappa shape index (κ2) is 10.3. The molecule has 156 valence electrons. The number of hydrogen-bond donors (Lipinski definition) is 0. The lowest BCUT2D eigenvalue weighted by Gasteiger charge is -2.27. The number of alkyl halides is 2. The summed E-state index contributed by atoms with van der Waals surface area (Å²) in [4.78, 5) is 0. The molecular formula is C21H31F5O. The lowest BCUT2D eigenvalue weighted by atomic mass is 9.84. The van der Waals surface area contributed by atoms with Crippen LogP contribution < -0.4 is 4.74 Å². The molecule has 6 heteroatoms. The molecule has 0 radical (unpaired) electrons. The van der Waals surface area contributed by atoms with Crippen LogP contribution >= 0.6 is 0 Å². The predicted molar refractivity (Wildman–Crippen MR) is 97.3 cm³/mol. The molecule has 0 fully saturated rings. The highest BCUT2D eigenvalue weighted by molar-refractivity contribution is 5.25. The van der Waals surface area contributed by atoms with Crippen molar-refractivity contribution in [1.29, 1.82) is 0 Å². The van der Waals surface area contributed by atoms with Crippen molar-refractivity contribution >= 4 is 0 Å². The zero-order valence-corrected chi connectivity index (χ0v) is 16.8. The zero-order valence-electron chi connectivity index (χ0n) is 16.8. The average Bonchev–Trinajstić information content (AvgIpc) is 2.60. The molecule has 0 saturated heterocycles. The third-order valence-corrected chi connectivity index (χ3v) is 5.62. The minimum absolute atomic E-state index is 0.216. The van der Waals surface area contributed by atoms with Crippen molar-refractivity contribution in [3.63, 3.8) is 0 Å². The number of halogens is 5. The van der Waals surface area contributed by atoms with E-state index < -0.39 is 35.2 Å². The molecule has 1 rings (SSSR count). The predicted octanol–water partition coefficient (Wildman–Crippen LogP) is 7.59. The number of ether oxygens (including phenoxy) is 1. The summed E-state index contributed by atoms with van der Waals surface area (Å²) in [6.07, 6.45) is 0.536. The van der Waals surface area contributed by atoms with Gasteiger partial charge in [-0.3, -0.25) is 0 Å². The Kier molecular flexibility index (Phi) is 9.03. The van der Waals surface area contributed by atoms with E-state index in [4.69, 9.17) is 0 Å². The van der Waals surface area contributed by atoms with Gasteiger partial charge in [0.15, 0.2) is 17.5 Å². The van der Waals surface area contributed by atoms with Crippen LogP contribution in [0.1, 0.15) is 66.7 Å². The highest BCUT2D eigenvalue weighted by atomic mass is 19.3. The monoisotopic (exact) mass is 394 g/mol. The topological polar surface area (TPSA) is 9.23 Å². The molecule has 0 bridgehead atoms. The van der Waals surface area contributed by atoms with Gasteiger partial charge in [-0.05, 0) is 30.6 Å². The van der Waals surface area contributed by atoms with E-state index in [1.54, 1.807) is 0 Å². The van der Waals surface area contributed by atoms with E-state index in [-0.39, 0.29) is 12.3 Å². The van der Waals surface area contributed by atoms with Crippen LogP contribution in [0.15, 0.2) is 12.1 Å². The molecule has 4 atom stereocenters. The molecule has 0 amide bonds. The van der Waals surface area contributed by atoms with Crippen LogP contribution in [-0.4, -0.2) is 6.11 Å². The first-order valence-electron chi connectivity index (χ1n) is 9.69. The van der Waals surface area contributed by atoms with E-state index >= 15 is 0 Å². The molecule has 1 nitrogen and oxygen atoms in total. The molecule has 0 aliphatic carbocycles. The van der Waals surface area contributed by atoms with Gasteiger partial charge in [-0.15, -0.1) is 0 Å². The van der Waals surface area contributed by atoms with E-state index in [1.807, 2.05) is 0 Å². The first-order valence-corrected chi connectivity index (χ1v) is 9.69. The minimum Gasteiger partial charge on any atom is -0.432 e. The molecule has 0 aliphatic rings. The first-order chi connectivity index (χ1) is 12.5. The van der Waals surface area contributed by atoms with E-state index in [0.717, 1.165) is 19.3 Å². The lowest BCUT2D eigenvalue weighted by molar-refractivity contribution is -0.213. The summed E-state index contributed by atoms with van der Waals surface area (Å²) >= 11 is 0. The standard InChI is InChI=1S/C21H31F5O/c1-6-13(2)7-8-14(3)15(4)9-10-16(5)21(25,26)27-17-11-18(22)20(24)19(23)12-17/h11-16H,6-10H2,1-5H3. The Morgan fingerprint density at radius 3 is 1.81 bits per heavy atom. The summed E-state index contributed by atoms with van der Waals surface area (Å²) in [6.45, 7) is 9.89. The number of hydrogen-bond acceptors (Lipinski definition) is 1. The minimum atomic E-state index is -3.60. The van der Waals surface area contributed by atoms with Crippen molar-refractivity contribution in [2.75, 3.05) is 0 Å². The fourth-order valence-corrected chi connectivity index (χ4v) is 2.85. The maximum absolute atomic E-state index is 14.3. The Morgan fingerprint density at radius 2 is 1.33 bits per heavy atom. The van der Waals surface area contributed by atoms with Gasteiger partial charge in [0.25, 0.3) is 0 Å². The van der Waals surface area contributed by atoms with Gasteiger partial charge in [-0.2, -0.15) is 8.78 Å². The molecular weight excluding hydrogens is 363 g/mol. The van der Waals surface area contributed by atoms with Crippen LogP contribution in [0.25, 0.3) is 0 Å². The Balaban J connectivity index is 2.58. The van der Waals surface area contributed by atoms with Crippen molar-refractivity contribution < 1.29 is 26.7 Å². The van der Waals surface area contributed by atoms with E-state index in [9.17, 15) is 22.0 Å².